The van der Waals surface area contributed by atoms with Crippen molar-refractivity contribution in [3.8, 4) is 0 Å². The van der Waals surface area contributed by atoms with E-state index < -0.39 is 0 Å². The average molecular weight is 103 g/mol. The lowest BCUT2D eigenvalue weighted by atomic mass is 10.4. The summed E-state index contributed by atoms with van der Waals surface area (Å²) in [7, 11) is 0. The van der Waals surface area contributed by atoms with Gasteiger partial charge in [0.05, 0.1) is 0 Å². The summed E-state index contributed by atoms with van der Waals surface area (Å²) in [6.45, 7) is 5.61. The van der Waals surface area contributed by atoms with Crippen LogP contribution in [0.4, 0.5) is 0 Å². The van der Waals surface area contributed by atoms with E-state index in [9.17, 15) is 0 Å². The number of hydrogen-bond donors (Lipinski definition) is 0. The maximum absolute atomic E-state index is 5.17. The normalized spacial score (nSPS) is 28.3. The number of ether oxygens (including phenoxy) is 2. The first-order valence-electron chi connectivity index (χ1n) is 2.53. The SMILES string of the molecule is CC1(C)OCC[OH+]1. The van der Waals surface area contributed by atoms with Gasteiger partial charge >= 0.3 is 0 Å². The van der Waals surface area contributed by atoms with Crippen molar-refractivity contribution in [3.63, 3.8) is 0 Å². The molecule has 1 heterocycles. The molecule has 7 heavy (non-hydrogen) atoms. The summed E-state index contributed by atoms with van der Waals surface area (Å²) in [6.07, 6.45) is 0. The highest BCUT2D eigenvalue weighted by atomic mass is 16.7. The van der Waals surface area contributed by atoms with Crippen molar-refractivity contribution < 1.29 is 9.47 Å². The third kappa shape index (κ3) is 1.14. The van der Waals surface area contributed by atoms with Crippen LogP contribution in [-0.4, -0.2) is 23.7 Å². The fourth-order valence-electron chi connectivity index (χ4n) is 0.656. The van der Waals surface area contributed by atoms with Gasteiger partial charge in [0.15, 0.2) is 6.61 Å². The van der Waals surface area contributed by atoms with Crippen LogP contribution in [-0.2, 0) is 4.74 Å². The lowest BCUT2D eigenvalue weighted by Crippen LogP contribution is -2.22. The summed E-state index contributed by atoms with van der Waals surface area (Å²) < 4.78 is 9.32. The molecule has 1 aliphatic heterocycles. The van der Waals surface area contributed by atoms with Crippen LogP contribution in [0, 0.1) is 0 Å². The monoisotopic (exact) mass is 103 g/mol. The minimum Gasteiger partial charge on any atom is -0.406 e. The third-order valence-corrected chi connectivity index (χ3v) is 1.04. The molecule has 0 amide bonds. The predicted molar refractivity (Wildman–Crippen MR) is 27.1 cm³/mol. The molecule has 1 saturated heterocycles. The van der Waals surface area contributed by atoms with Gasteiger partial charge in [-0.1, -0.05) is 0 Å². The van der Waals surface area contributed by atoms with Crippen LogP contribution in [0.25, 0.3) is 0 Å². The zero-order chi connectivity index (χ0) is 5.33. The smallest absolute Gasteiger partial charge is 0.268 e. The van der Waals surface area contributed by atoms with E-state index in [1.165, 1.54) is 0 Å². The minimum atomic E-state index is -0.181. The Bertz CT molecular complexity index is 60.5. The van der Waals surface area contributed by atoms with Crippen molar-refractivity contribution in [1.29, 1.82) is 0 Å². The Hall–Kier alpha value is -0.0800. The molecule has 2 heteroatoms. The van der Waals surface area contributed by atoms with Crippen LogP contribution in [0.15, 0.2) is 0 Å². The Morgan fingerprint density at radius 2 is 2.29 bits per heavy atom. The highest BCUT2D eigenvalue weighted by molar-refractivity contribution is 4.56. The first kappa shape index (κ1) is 5.06. The van der Waals surface area contributed by atoms with Crippen LogP contribution in [0.5, 0.6) is 0 Å². The Morgan fingerprint density at radius 3 is 2.43 bits per heavy atom. The van der Waals surface area contributed by atoms with E-state index in [0.717, 1.165) is 13.2 Å². The van der Waals surface area contributed by atoms with Crippen molar-refractivity contribution in [2.45, 2.75) is 19.6 Å². The lowest BCUT2D eigenvalue weighted by Gasteiger charge is -2.08. The van der Waals surface area contributed by atoms with Crippen molar-refractivity contribution in [2.75, 3.05) is 13.2 Å². The molecule has 0 unspecified atom stereocenters. The highest BCUT2D eigenvalue weighted by Gasteiger charge is 2.29. The maximum Gasteiger partial charge on any atom is 0.268 e. The molecule has 1 rings (SSSR count). The molecular formula is C5H11O2+. The molecular weight excluding hydrogens is 92.1 g/mol. The first-order valence-corrected chi connectivity index (χ1v) is 2.53. The van der Waals surface area contributed by atoms with Crippen LogP contribution in [0.3, 0.4) is 0 Å². The Balaban J connectivity index is 2.40. The van der Waals surface area contributed by atoms with Gasteiger partial charge in [-0.25, -0.2) is 0 Å². The van der Waals surface area contributed by atoms with Crippen LogP contribution in [0.1, 0.15) is 13.8 Å². The van der Waals surface area contributed by atoms with Gasteiger partial charge in [0, 0.05) is 13.8 Å². The standard InChI is InChI=1S/C5H10O2/c1-5(2)6-3-4-7-5/h3-4H2,1-2H3/p+1. The second-order valence-corrected chi connectivity index (χ2v) is 2.18. The number of rotatable bonds is 0. The molecule has 0 aromatic heterocycles. The Labute approximate surface area is 43.4 Å². The summed E-state index contributed by atoms with van der Waals surface area (Å²) in [5.41, 5.74) is 0. The van der Waals surface area contributed by atoms with E-state index >= 15 is 0 Å². The fraction of sp³-hybridized carbons (Fsp3) is 1.00. The average Bonchev–Trinajstić information content (AvgIpc) is 1.84. The van der Waals surface area contributed by atoms with Gasteiger partial charge in [0.2, 0.25) is 0 Å². The van der Waals surface area contributed by atoms with Gasteiger partial charge in [-0.3, -0.25) is 0 Å². The predicted octanol–water partition coefficient (Wildman–Crippen LogP) is 0.281. The molecule has 0 radical (unpaired) electrons. The van der Waals surface area contributed by atoms with Crippen LogP contribution in [0.2, 0.25) is 0 Å². The van der Waals surface area contributed by atoms with Gasteiger partial charge in [0.1, 0.15) is 6.61 Å². The van der Waals surface area contributed by atoms with Crippen molar-refractivity contribution >= 4 is 0 Å². The third-order valence-electron chi connectivity index (χ3n) is 1.04. The minimum absolute atomic E-state index is 0.181. The van der Waals surface area contributed by atoms with Gasteiger partial charge in [-0.05, 0) is 0 Å². The summed E-state index contributed by atoms with van der Waals surface area (Å²) in [4.78, 5) is 0. The van der Waals surface area contributed by atoms with Gasteiger partial charge < -0.3 is 9.47 Å². The quantitative estimate of drug-likeness (QED) is 0.404. The zero-order valence-electron chi connectivity index (χ0n) is 4.77. The zero-order valence-corrected chi connectivity index (χ0v) is 4.77. The lowest BCUT2D eigenvalue weighted by molar-refractivity contribution is -0.222. The summed E-state index contributed by atoms with van der Waals surface area (Å²) in [5, 5.41) is 0. The Kier molecular flexibility index (Phi) is 1.05. The molecule has 0 saturated carbocycles. The van der Waals surface area contributed by atoms with E-state index in [1.807, 2.05) is 13.8 Å². The second-order valence-electron chi connectivity index (χ2n) is 2.18. The first-order chi connectivity index (χ1) is 3.21. The van der Waals surface area contributed by atoms with E-state index in [0.29, 0.717) is 0 Å². The van der Waals surface area contributed by atoms with E-state index in [2.05, 4.69) is 4.74 Å². The molecule has 0 aromatic rings. The van der Waals surface area contributed by atoms with Crippen LogP contribution >= 0.6 is 0 Å². The van der Waals surface area contributed by atoms with Gasteiger partial charge in [0.25, 0.3) is 5.79 Å². The summed E-state index contributed by atoms with van der Waals surface area (Å²) in [6, 6.07) is 0. The second kappa shape index (κ2) is 1.46. The molecule has 42 valence electrons. The topological polar surface area (TPSA) is 22.0 Å². The van der Waals surface area contributed by atoms with Crippen molar-refractivity contribution in [3.05, 3.63) is 0 Å². The Morgan fingerprint density at radius 1 is 1.57 bits per heavy atom. The van der Waals surface area contributed by atoms with E-state index in [1.54, 1.807) is 0 Å². The molecule has 1 N–H and O–H groups in total. The number of aliphatic hydroxyl groups is 2. The molecule has 1 aliphatic rings. The van der Waals surface area contributed by atoms with Crippen molar-refractivity contribution in [1.82, 2.24) is 0 Å². The van der Waals surface area contributed by atoms with Gasteiger partial charge in [-0.2, -0.15) is 0 Å². The molecule has 2 nitrogen and oxygen atoms in total. The summed E-state index contributed by atoms with van der Waals surface area (Å²) in [5.74, 6) is -0.181. The van der Waals surface area contributed by atoms with E-state index in [-0.39, 0.29) is 5.79 Å². The maximum atomic E-state index is 5.17. The molecule has 0 bridgehead atoms. The number of hydrogen-bond acceptors (Lipinski definition) is 1. The largest absolute Gasteiger partial charge is 0.406 e. The molecule has 1 fully saturated rings. The highest BCUT2D eigenvalue weighted by Crippen LogP contribution is 2.12. The molecule has 0 atom stereocenters. The van der Waals surface area contributed by atoms with Crippen LogP contribution < -0.4 is 0 Å². The molecule has 0 aliphatic carbocycles. The molecule has 0 spiro atoms. The molecule has 0 aromatic carbocycles. The fourth-order valence-corrected chi connectivity index (χ4v) is 0.656. The van der Waals surface area contributed by atoms with Gasteiger partial charge in [-0.15, -0.1) is 0 Å². The van der Waals surface area contributed by atoms with Crippen molar-refractivity contribution in [2.24, 2.45) is 0 Å². The van der Waals surface area contributed by atoms with E-state index in [4.69, 9.17) is 4.74 Å². The summed E-state index contributed by atoms with van der Waals surface area (Å²) >= 11 is 0.